The number of phenols is 2. The van der Waals surface area contributed by atoms with Gasteiger partial charge in [-0.25, -0.2) is 4.79 Å². The fourth-order valence-electron chi connectivity index (χ4n) is 4.72. The number of carbonyl (C=O) groups is 3. The third-order valence-corrected chi connectivity index (χ3v) is 7.24. The van der Waals surface area contributed by atoms with Gasteiger partial charge in [0.1, 0.15) is 27.6 Å². The number of cyclic esters (lactones) is 1. The van der Waals surface area contributed by atoms with Crippen LogP contribution in [0.25, 0.3) is 10.8 Å². The minimum absolute atomic E-state index is 0.0370. The van der Waals surface area contributed by atoms with Crippen LogP contribution in [0.3, 0.4) is 0 Å². The number of carbonyl (C=O) groups excluding carboxylic acids is 3. The van der Waals surface area contributed by atoms with E-state index in [2.05, 4.69) is 0 Å². The molecule has 1 unspecified atom stereocenters. The Bertz CT molecular complexity index is 1530. The van der Waals surface area contributed by atoms with Gasteiger partial charge in [0.15, 0.2) is 11.6 Å². The second-order valence-electron chi connectivity index (χ2n) is 8.09. The molecular formula is C24H15Cl3O8. The maximum absolute atomic E-state index is 13.8. The lowest BCUT2D eigenvalue weighted by Gasteiger charge is -2.26. The number of aromatic hydroxyl groups is 2. The van der Waals surface area contributed by atoms with Crippen LogP contribution in [0.5, 0.6) is 17.2 Å². The fraction of sp³-hybridized carbons (Fsp3) is 0.208. The Hall–Kier alpha value is -3.04. The van der Waals surface area contributed by atoms with E-state index in [9.17, 15) is 24.6 Å². The van der Waals surface area contributed by atoms with Crippen molar-refractivity contribution in [2.45, 2.75) is 17.5 Å². The summed E-state index contributed by atoms with van der Waals surface area (Å²) in [6, 6.07) is 4.51. The normalized spacial score (nSPS) is 18.5. The molecule has 1 atom stereocenters. The summed E-state index contributed by atoms with van der Waals surface area (Å²) in [5, 5.41) is 22.7. The minimum Gasteiger partial charge on any atom is -0.507 e. The third-order valence-electron chi connectivity index (χ3n) is 6.38. The number of alkyl halides is 2. The second kappa shape index (κ2) is 7.73. The van der Waals surface area contributed by atoms with E-state index < -0.39 is 56.3 Å². The van der Waals surface area contributed by atoms with Gasteiger partial charge in [0, 0.05) is 36.1 Å². The molecule has 0 spiro atoms. The smallest absolute Gasteiger partial charge is 0.345 e. The highest BCUT2D eigenvalue weighted by molar-refractivity contribution is 6.46. The van der Waals surface area contributed by atoms with Crippen molar-refractivity contribution >= 4 is 63.1 Å². The van der Waals surface area contributed by atoms with Gasteiger partial charge >= 0.3 is 5.97 Å². The van der Waals surface area contributed by atoms with Crippen LogP contribution < -0.4 is 4.74 Å². The molecule has 0 fully saturated rings. The lowest BCUT2D eigenvalue weighted by atomic mass is 9.78. The number of hydrogen-bond acceptors (Lipinski definition) is 8. The van der Waals surface area contributed by atoms with Crippen molar-refractivity contribution in [3.05, 3.63) is 62.2 Å². The first kappa shape index (κ1) is 23.7. The Labute approximate surface area is 212 Å². The Kier molecular flexibility index (Phi) is 5.23. The van der Waals surface area contributed by atoms with Gasteiger partial charge in [0.2, 0.25) is 5.79 Å². The van der Waals surface area contributed by atoms with Crippen LogP contribution >= 0.6 is 34.8 Å². The lowest BCUT2D eigenvalue weighted by molar-refractivity contribution is -0.173. The quantitative estimate of drug-likeness (QED) is 0.209. The SMILES string of the molecule is COc1c(Cl)c(C(Cl)Cl)cc2ccc3c(c12)C(=O)c1c(O)c2c(c(O)c1C3=O)C(C)(OC)OC2=O. The lowest BCUT2D eigenvalue weighted by Crippen LogP contribution is -2.26. The van der Waals surface area contributed by atoms with Crippen LogP contribution in [0.1, 0.15) is 65.1 Å². The van der Waals surface area contributed by atoms with Crippen molar-refractivity contribution < 1.29 is 38.8 Å². The van der Waals surface area contributed by atoms with Crippen molar-refractivity contribution in [2.75, 3.05) is 14.2 Å². The Balaban J connectivity index is 1.90. The van der Waals surface area contributed by atoms with E-state index in [1.807, 2.05) is 0 Å². The van der Waals surface area contributed by atoms with Gasteiger partial charge in [-0.3, -0.25) is 9.59 Å². The summed E-state index contributed by atoms with van der Waals surface area (Å²) in [7, 11) is 2.55. The van der Waals surface area contributed by atoms with Gasteiger partial charge in [-0.15, -0.1) is 23.2 Å². The number of halogens is 3. The third kappa shape index (κ3) is 2.94. The molecule has 180 valence electrons. The van der Waals surface area contributed by atoms with Gasteiger partial charge in [0.05, 0.1) is 28.8 Å². The van der Waals surface area contributed by atoms with Crippen molar-refractivity contribution in [3.8, 4) is 17.2 Å². The summed E-state index contributed by atoms with van der Waals surface area (Å²) in [6.45, 7) is 1.34. The zero-order valence-electron chi connectivity index (χ0n) is 18.3. The Morgan fingerprint density at radius 3 is 2.23 bits per heavy atom. The van der Waals surface area contributed by atoms with Crippen molar-refractivity contribution in [2.24, 2.45) is 0 Å². The van der Waals surface area contributed by atoms with E-state index in [0.717, 1.165) is 0 Å². The molecule has 5 rings (SSSR count). The van der Waals surface area contributed by atoms with Crippen LogP contribution in [0.2, 0.25) is 5.02 Å². The van der Waals surface area contributed by atoms with Gasteiger partial charge in [-0.05, 0) is 17.5 Å². The van der Waals surface area contributed by atoms with E-state index in [0.29, 0.717) is 10.9 Å². The largest absolute Gasteiger partial charge is 0.507 e. The summed E-state index contributed by atoms with van der Waals surface area (Å²) < 4.78 is 15.9. The molecule has 0 radical (unpaired) electrons. The van der Waals surface area contributed by atoms with Crippen LogP contribution in [-0.2, 0) is 15.3 Å². The van der Waals surface area contributed by atoms with E-state index in [4.69, 9.17) is 49.0 Å². The van der Waals surface area contributed by atoms with Crippen LogP contribution in [0.4, 0.5) is 0 Å². The molecule has 3 aromatic rings. The van der Waals surface area contributed by atoms with Gasteiger partial charge in [-0.1, -0.05) is 17.7 Å². The molecule has 1 aliphatic carbocycles. The maximum atomic E-state index is 13.8. The predicted octanol–water partition coefficient (Wildman–Crippen LogP) is 5.15. The van der Waals surface area contributed by atoms with E-state index in [1.165, 1.54) is 27.2 Å². The van der Waals surface area contributed by atoms with Gasteiger partial charge in [0.25, 0.3) is 0 Å². The number of esters is 1. The fourth-order valence-corrected chi connectivity index (χ4v) is 5.51. The number of benzene rings is 3. The summed E-state index contributed by atoms with van der Waals surface area (Å²) in [5.74, 6) is -5.84. The van der Waals surface area contributed by atoms with Crippen molar-refractivity contribution in [3.63, 3.8) is 0 Å². The molecular weight excluding hydrogens is 523 g/mol. The first-order chi connectivity index (χ1) is 16.5. The highest BCUT2D eigenvalue weighted by Gasteiger charge is 2.51. The van der Waals surface area contributed by atoms with Crippen LogP contribution in [0, 0.1) is 0 Å². The summed E-state index contributed by atoms with van der Waals surface area (Å²) in [6.07, 6.45) is 0. The number of rotatable bonds is 3. The molecule has 0 saturated heterocycles. The molecule has 1 aliphatic heterocycles. The number of ketones is 2. The number of fused-ring (bicyclic) bond motifs is 5. The molecule has 0 saturated carbocycles. The Morgan fingerprint density at radius 2 is 1.63 bits per heavy atom. The molecule has 2 N–H and O–H groups in total. The van der Waals surface area contributed by atoms with Crippen LogP contribution in [0.15, 0.2) is 18.2 Å². The highest BCUT2D eigenvalue weighted by atomic mass is 35.5. The number of methoxy groups -OCH3 is 2. The number of ether oxygens (including phenoxy) is 3. The van der Waals surface area contributed by atoms with E-state index in [1.54, 1.807) is 12.1 Å². The summed E-state index contributed by atoms with van der Waals surface area (Å²) >= 11 is 18.5. The topological polar surface area (TPSA) is 119 Å². The molecule has 0 bridgehead atoms. The number of hydrogen-bond donors (Lipinski definition) is 2. The first-order valence-electron chi connectivity index (χ1n) is 10.1. The van der Waals surface area contributed by atoms with Crippen molar-refractivity contribution in [1.82, 2.24) is 0 Å². The van der Waals surface area contributed by atoms with Crippen LogP contribution in [-0.4, -0.2) is 42.0 Å². The molecule has 0 amide bonds. The molecule has 0 aromatic heterocycles. The van der Waals surface area contributed by atoms with Gasteiger partial charge in [-0.2, -0.15) is 0 Å². The molecule has 1 heterocycles. The molecule has 2 aliphatic rings. The highest BCUT2D eigenvalue weighted by Crippen LogP contribution is 2.53. The zero-order valence-corrected chi connectivity index (χ0v) is 20.6. The Morgan fingerprint density at radius 1 is 0.971 bits per heavy atom. The molecule has 35 heavy (non-hydrogen) atoms. The predicted molar refractivity (Wildman–Crippen MR) is 126 cm³/mol. The second-order valence-corrected chi connectivity index (χ2v) is 9.57. The molecule has 3 aromatic carbocycles. The van der Waals surface area contributed by atoms with Crippen molar-refractivity contribution in [1.29, 1.82) is 0 Å². The summed E-state index contributed by atoms with van der Waals surface area (Å²) in [4.78, 5) is 39.0. The zero-order chi connectivity index (χ0) is 25.6. The molecule has 8 nitrogen and oxygen atoms in total. The summed E-state index contributed by atoms with van der Waals surface area (Å²) in [5.41, 5.74) is -1.58. The number of phenolic OH excluding ortho intramolecular Hbond substituents is 2. The average molecular weight is 538 g/mol. The van der Waals surface area contributed by atoms with Gasteiger partial charge < -0.3 is 24.4 Å². The first-order valence-corrected chi connectivity index (χ1v) is 11.3. The minimum atomic E-state index is -1.77. The average Bonchev–Trinajstić information content (AvgIpc) is 3.09. The standard InChI is InChI=1S/C24H15Cl3O8/c1-24(34-3)15-14(23(32)35-24)19(30)13-12(20(15)31)17(28)8-5-4-7-6-9(22(26)27)16(25)21(33-2)10(7)11(8)18(13)29/h4-6,22,30-31H,1-3H3. The van der Waals surface area contributed by atoms with E-state index in [-0.39, 0.29) is 32.8 Å². The maximum Gasteiger partial charge on any atom is 0.345 e. The van der Waals surface area contributed by atoms with E-state index >= 15 is 0 Å². The monoisotopic (exact) mass is 536 g/mol. The molecule has 11 heteroatoms.